The van der Waals surface area contributed by atoms with Crippen molar-refractivity contribution in [2.45, 2.75) is 31.2 Å². The largest absolute Gasteiger partial charge is 0.497 e. The summed E-state index contributed by atoms with van der Waals surface area (Å²) in [5, 5.41) is 5.82. The molecule has 6 heteroatoms. The van der Waals surface area contributed by atoms with E-state index in [4.69, 9.17) is 4.74 Å². The van der Waals surface area contributed by atoms with Crippen LogP contribution in [0.2, 0.25) is 0 Å². The molecule has 5 nitrogen and oxygen atoms in total. The van der Waals surface area contributed by atoms with Crippen LogP contribution in [-0.2, 0) is 4.79 Å². The molecule has 0 bridgehead atoms. The van der Waals surface area contributed by atoms with Gasteiger partial charge in [0.05, 0.1) is 17.7 Å². The summed E-state index contributed by atoms with van der Waals surface area (Å²) in [6.07, 6.45) is 2.70. The Balaban J connectivity index is 1.80. The quantitative estimate of drug-likeness (QED) is 0.756. The van der Waals surface area contributed by atoms with Gasteiger partial charge in [-0.15, -0.1) is 0 Å². The number of rotatable bonds is 5. The normalized spacial score (nSPS) is 15.7. The minimum atomic E-state index is -0.178. The highest BCUT2D eigenvalue weighted by atomic mass is 32.2. The second-order valence-corrected chi connectivity index (χ2v) is 7.42. The van der Waals surface area contributed by atoms with Gasteiger partial charge in [0, 0.05) is 16.5 Å². The maximum absolute atomic E-state index is 12.5. The highest BCUT2D eigenvalue weighted by Crippen LogP contribution is 2.39. The Hall–Kier alpha value is -2.73. The molecule has 0 spiro atoms. The second kappa shape index (κ2) is 8.31. The molecule has 2 N–H and O–H groups in total. The number of anilines is 1. The Morgan fingerprint density at radius 3 is 2.67 bits per heavy atom. The van der Waals surface area contributed by atoms with Crippen molar-refractivity contribution < 1.29 is 14.3 Å². The van der Waals surface area contributed by atoms with Gasteiger partial charge in [0.2, 0.25) is 0 Å². The summed E-state index contributed by atoms with van der Waals surface area (Å²) >= 11 is 1.39. The third kappa shape index (κ3) is 4.52. The highest BCUT2D eigenvalue weighted by molar-refractivity contribution is 8.04. The Morgan fingerprint density at radius 2 is 2.00 bits per heavy atom. The van der Waals surface area contributed by atoms with Gasteiger partial charge in [-0.3, -0.25) is 9.59 Å². The van der Waals surface area contributed by atoms with Crippen molar-refractivity contribution in [1.29, 1.82) is 0 Å². The summed E-state index contributed by atoms with van der Waals surface area (Å²) in [6, 6.07) is 13.0. The van der Waals surface area contributed by atoms with Crippen LogP contribution in [0.15, 0.2) is 52.3 Å². The van der Waals surface area contributed by atoms with Crippen molar-refractivity contribution in [1.82, 2.24) is 5.32 Å². The van der Waals surface area contributed by atoms with Gasteiger partial charge in [-0.25, -0.2) is 0 Å². The lowest BCUT2D eigenvalue weighted by molar-refractivity contribution is -0.112. The van der Waals surface area contributed by atoms with Crippen LogP contribution in [0.4, 0.5) is 5.69 Å². The number of ether oxygens (including phenoxy) is 1. The number of thioether (sulfide) groups is 1. The molecule has 1 unspecified atom stereocenters. The second-order valence-electron chi connectivity index (χ2n) is 6.33. The maximum Gasteiger partial charge on any atom is 0.262 e. The van der Waals surface area contributed by atoms with E-state index < -0.39 is 0 Å². The van der Waals surface area contributed by atoms with E-state index in [9.17, 15) is 9.59 Å². The van der Waals surface area contributed by atoms with Crippen LogP contribution in [0.3, 0.4) is 0 Å². The third-order valence-corrected chi connectivity index (χ3v) is 5.44. The van der Waals surface area contributed by atoms with E-state index in [0.717, 1.165) is 22.6 Å². The standard InChI is InChI=1S/C21H22N2O3S/c1-4-13(2)22-20(24)15-7-10-18-17(12-15)23-21(25)19(27-18)11-14-5-8-16(26-3)9-6-14/h5-13H,4H2,1-3H3,(H,22,24)(H,23,25). The van der Waals surface area contributed by atoms with Crippen molar-refractivity contribution in [2.24, 2.45) is 0 Å². The Bertz CT molecular complexity index is 891. The summed E-state index contributed by atoms with van der Waals surface area (Å²) in [4.78, 5) is 26.3. The number of hydrogen-bond donors (Lipinski definition) is 2. The predicted octanol–water partition coefficient (Wildman–Crippen LogP) is 4.31. The molecule has 140 valence electrons. The van der Waals surface area contributed by atoms with Crippen LogP contribution in [0.25, 0.3) is 6.08 Å². The number of benzene rings is 2. The smallest absolute Gasteiger partial charge is 0.262 e. The van der Waals surface area contributed by atoms with Crippen LogP contribution in [0.1, 0.15) is 36.2 Å². The van der Waals surface area contributed by atoms with Gasteiger partial charge in [-0.1, -0.05) is 30.8 Å². The molecular formula is C21H22N2O3S. The summed E-state index contributed by atoms with van der Waals surface area (Å²) in [7, 11) is 1.62. The molecule has 0 saturated carbocycles. The molecule has 1 heterocycles. The lowest BCUT2D eigenvalue weighted by atomic mass is 10.1. The summed E-state index contributed by atoms with van der Waals surface area (Å²) < 4.78 is 5.15. The molecule has 1 atom stereocenters. The number of methoxy groups -OCH3 is 1. The zero-order valence-electron chi connectivity index (χ0n) is 15.5. The van der Waals surface area contributed by atoms with Crippen LogP contribution in [-0.4, -0.2) is 25.0 Å². The van der Waals surface area contributed by atoms with Crippen LogP contribution >= 0.6 is 11.8 Å². The van der Waals surface area contributed by atoms with Crippen molar-refractivity contribution >= 4 is 35.3 Å². The SMILES string of the molecule is CCC(C)NC(=O)c1ccc2c(c1)NC(=O)C(=Cc1ccc(OC)cc1)S2. The first-order chi connectivity index (χ1) is 13.0. The molecule has 0 radical (unpaired) electrons. The molecular weight excluding hydrogens is 360 g/mol. The molecule has 2 aromatic rings. The predicted molar refractivity (Wildman–Crippen MR) is 109 cm³/mol. The van der Waals surface area contributed by atoms with Gasteiger partial charge >= 0.3 is 0 Å². The third-order valence-electron chi connectivity index (χ3n) is 4.34. The fourth-order valence-corrected chi connectivity index (χ4v) is 3.49. The average molecular weight is 382 g/mol. The van der Waals surface area contributed by atoms with E-state index in [1.807, 2.05) is 50.3 Å². The minimum absolute atomic E-state index is 0.108. The van der Waals surface area contributed by atoms with E-state index in [-0.39, 0.29) is 17.9 Å². The molecule has 1 aliphatic heterocycles. The van der Waals surface area contributed by atoms with Crippen molar-refractivity contribution in [3.05, 3.63) is 58.5 Å². The Labute approximate surface area is 163 Å². The van der Waals surface area contributed by atoms with Gasteiger partial charge in [0.1, 0.15) is 5.75 Å². The number of nitrogens with one attached hydrogen (secondary N) is 2. The summed E-state index contributed by atoms with van der Waals surface area (Å²) in [5.74, 6) is 0.459. The van der Waals surface area contributed by atoms with E-state index in [1.165, 1.54) is 11.8 Å². The van der Waals surface area contributed by atoms with E-state index in [1.54, 1.807) is 19.2 Å². The lowest BCUT2D eigenvalue weighted by Gasteiger charge is -2.20. The Kier molecular flexibility index (Phi) is 5.86. The number of carbonyl (C=O) groups excluding carboxylic acids is 2. The topological polar surface area (TPSA) is 67.4 Å². The van der Waals surface area contributed by atoms with E-state index >= 15 is 0 Å². The fraction of sp³-hybridized carbons (Fsp3) is 0.238. The molecule has 0 saturated heterocycles. The zero-order valence-corrected chi connectivity index (χ0v) is 16.4. The minimum Gasteiger partial charge on any atom is -0.497 e. The first-order valence-corrected chi connectivity index (χ1v) is 9.61. The summed E-state index contributed by atoms with van der Waals surface area (Å²) in [6.45, 7) is 3.98. The molecule has 0 fully saturated rings. The fourth-order valence-electron chi connectivity index (χ4n) is 2.56. The van der Waals surface area contributed by atoms with Crippen molar-refractivity contribution in [3.63, 3.8) is 0 Å². The van der Waals surface area contributed by atoms with Gasteiger partial charge in [0.25, 0.3) is 11.8 Å². The van der Waals surface area contributed by atoms with Crippen LogP contribution in [0.5, 0.6) is 5.75 Å². The first-order valence-electron chi connectivity index (χ1n) is 8.80. The number of fused-ring (bicyclic) bond motifs is 1. The maximum atomic E-state index is 12.5. The molecule has 0 aromatic heterocycles. The van der Waals surface area contributed by atoms with Gasteiger partial charge < -0.3 is 15.4 Å². The number of hydrogen-bond acceptors (Lipinski definition) is 4. The molecule has 2 amide bonds. The van der Waals surface area contributed by atoms with Gasteiger partial charge in [-0.2, -0.15) is 0 Å². The lowest BCUT2D eigenvalue weighted by Crippen LogP contribution is -2.32. The van der Waals surface area contributed by atoms with Gasteiger partial charge in [-0.05, 0) is 55.3 Å². The molecule has 1 aliphatic rings. The number of amides is 2. The van der Waals surface area contributed by atoms with E-state index in [2.05, 4.69) is 10.6 Å². The molecule has 2 aromatic carbocycles. The van der Waals surface area contributed by atoms with E-state index in [0.29, 0.717) is 16.2 Å². The zero-order chi connectivity index (χ0) is 19.4. The number of carbonyl (C=O) groups is 2. The van der Waals surface area contributed by atoms with Gasteiger partial charge in [0.15, 0.2) is 0 Å². The first kappa shape index (κ1) is 19.0. The highest BCUT2D eigenvalue weighted by Gasteiger charge is 2.22. The van der Waals surface area contributed by atoms with Crippen molar-refractivity contribution in [2.75, 3.05) is 12.4 Å². The Morgan fingerprint density at radius 1 is 1.26 bits per heavy atom. The van der Waals surface area contributed by atoms with Crippen molar-refractivity contribution in [3.8, 4) is 5.75 Å². The molecule has 0 aliphatic carbocycles. The average Bonchev–Trinajstić information content (AvgIpc) is 2.68. The van der Waals surface area contributed by atoms with Crippen LogP contribution in [0, 0.1) is 0 Å². The summed E-state index contributed by atoms with van der Waals surface area (Å²) in [5.41, 5.74) is 2.12. The molecule has 3 rings (SSSR count). The molecule has 27 heavy (non-hydrogen) atoms. The van der Waals surface area contributed by atoms with Crippen LogP contribution < -0.4 is 15.4 Å². The monoisotopic (exact) mass is 382 g/mol.